The van der Waals surface area contributed by atoms with Crippen molar-refractivity contribution in [2.45, 2.75) is 24.9 Å². The number of esters is 1. The molecule has 0 aliphatic heterocycles. The lowest BCUT2D eigenvalue weighted by Gasteiger charge is -2.40. The van der Waals surface area contributed by atoms with E-state index in [9.17, 15) is 4.79 Å². The third-order valence-corrected chi connectivity index (χ3v) is 2.64. The van der Waals surface area contributed by atoms with E-state index in [1.54, 1.807) is 7.11 Å². The maximum atomic E-state index is 10.8. The van der Waals surface area contributed by atoms with Gasteiger partial charge in [0.15, 0.2) is 0 Å². The Hall–Kier alpha value is -0.610. The summed E-state index contributed by atoms with van der Waals surface area (Å²) in [6.45, 7) is 1.00. The molecule has 0 radical (unpaired) electrons. The highest BCUT2D eigenvalue weighted by atomic mass is 16.5. The van der Waals surface area contributed by atoms with Crippen LogP contribution in [0.1, 0.15) is 19.3 Å². The maximum Gasteiger partial charge on any atom is 0.319 e. The highest BCUT2D eigenvalue weighted by molar-refractivity contribution is 5.71. The standard InChI is InChI=1S/C9H17NO3/c1-12-8(11)6-10-7-9(13-2)4-3-5-9/h10H,3-7H2,1-2H3. The van der Waals surface area contributed by atoms with Crippen molar-refractivity contribution in [1.82, 2.24) is 5.32 Å². The van der Waals surface area contributed by atoms with Crippen molar-refractivity contribution in [1.29, 1.82) is 0 Å². The molecule has 1 saturated carbocycles. The van der Waals surface area contributed by atoms with Gasteiger partial charge in [-0.25, -0.2) is 0 Å². The molecular weight excluding hydrogens is 170 g/mol. The summed E-state index contributed by atoms with van der Waals surface area (Å²) in [5, 5.41) is 3.03. The van der Waals surface area contributed by atoms with Gasteiger partial charge in [0.2, 0.25) is 0 Å². The Kier molecular flexibility index (Phi) is 3.69. The molecule has 4 heteroatoms. The third-order valence-electron chi connectivity index (χ3n) is 2.64. The predicted molar refractivity (Wildman–Crippen MR) is 48.5 cm³/mol. The average molecular weight is 187 g/mol. The fourth-order valence-corrected chi connectivity index (χ4v) is 1.49. The van der Waals surface area contributed by atoms with Gasteiger partial charge in [0.05, 0.1) is 19.3 Å². The molecule has 1 N–H and O–H groups in total. The van der Waals surface area contributed by atoms with E-state index in [0.29, 0.717) is 0 Å². The number of rotatable bonds is 5. The zero-order chi connectivity index (χ0) is 9.73. The quantitative estimate of drug-likeness (QED) is 0.630. The molecule has 0 bridgehead atoms. The van der Waals surface area contributed by atoms with E-state index in [4.69, 9.17) is 4.74 Å². The van der Waals surface area contributed by atoms with Gasteiger partial charge in [-0.15, -0.1) is 0 Å². The van der Waals surface area contributed by atoms with E-state index >= 15 is 0 Å². The second-order valence-corrected chi connectivity index (χ2v) is 3.42. The zero-order valence-corrected chi connectivity index (χ0v) is 8.26. The topological polar surface area (TPSA) is 47.6 Å². The van der Waals surface area contributed by atoms with Gasteiger partial charge in [0.25, 0.3) is 0 Å². The summed E-state index contributed by atoms with van der Waals surface area (Å²) >= 11 is 0. The molecule has 1 aliphatic carbocycles. The molecule has 1 aliphatic rings. The first-order valence-corrected chi connectivity index (χ1v) is 4.55. The summed E-state index contributed by atoms with van der Waals surface area (Å²) in [6, 6.07) is 0. The SMILES string of the molecule is COC(=O)CNCC1(OC)CCC1. The molecule has 13 heavy (non-hydrogen) atoms. The Balaban J connectivity index is 2.14. The van der Waals surface area contributed by atoms with Crippen molar-refractivity contribution in [2.24, 2.45) is 0 Å². The molecule has 0 atom stereocenters. The van der Waals surface area contributed by atoms with Crippen molar-refractivity contribution in [3.05, 3.63) is 0 Å². The van der Waals surface area contributed by atoms with Gasteiger partial charge >= 0.3 is 5.97 Å². The van der Waals surface area contributed by atoms with Crippen LogP contribution in [-0.4, -0.2) is 38.9 Å². The average Bonchev–Trinajstić information content (AvgIpc) is 2.09. The van der Waals surface area contributed by atoms with Crippen LogP contribution in [-0.2, 0) is 14.3 Å². The Labute approximate surface area is 78.6 Å². The smallest absolute Gasteiger partial charge is 0.319 e. The van der Waals surface area contributed by atoms with Gasteiger partial charge in [-0.3, -0.25) is 4.79 Å². The summed E-state index contributed by atoms with van der Waals surface area (Å²) in [4.78, 5) is 10.8. The number of carbonyl (C=O) groups excluding carboxylic acids is 1. The van der Waals surface area contributed by atoms with E-state index < -0.39 is 0 Å². The molecule has 4 nitrogen and oxygen atoms in total. The molecule has 0 aromatic carbocycles. The van der Waals surface area contributed by atoms with Crippen LogP contribution in [0.15, 0.2) is 0 Å². The number of ether oxygens (including phenoxy) is 2. The van der Waals surface area contributed by atoms with Crippen LogP contribution in [0.4, 0.5) is 0 Å². The molecule has 0 aromatic heterocycles. The fraction of sp³-hybridized carbons (Fsp3) is 0.889. The fourth-order valence-electron chi connectivity index (χ4n) is 1.49. The van der Waals surface area contributed by atoms with Crippen molar-refractivity contribution in [3.63, 3.8) is 0 Å². The third kappa shape index (κ3) is 2.67. The van der Waals surface area contributed by atoms with E-state index in [0.717, 1.165) is 19.4 Å². The van der Waals surface area contributed by atoms with E-state index in [1.807, 2.05) is 0 Å². The van der Waals surface area contributed by atoms with Gasteiger partial charge < -0.3 is 14.8 Å². The lowest BCUT2D eigenvalue weighted by molar-refractivity contribution is -0.140. The van der Waals surface area contributed by atoms with Gasteiger partial charge in [-0.2, -0.15) is 0 Å². The highest BCUT2D eigenvalue weighted by Crippen LogP contribution is 2.34. The molecule has 1 fully saturated rings. The summed E-state index contributed by atoms with van der Waals surface area (Å²) in [6.07, 6.45) is 3.38. The van der Waals surface area contributed by atoms with Gasteiger partial charge in [0.1, 0.15) is 0 Å². The molecule has 76 valence electrons. The first-order valence-electron chi connectivity index (χ1n) is 4.55. The first-order chi connectivity index (χ1) is 6.22. The second-order valence-electron chi connectivity index (χ2n) is 3.42. The van der Waals surface area contributed by atoms with Crippen molar-refractivity contribution in [3.8, 4) is 0 Å². The molecule has 1 rings (SSSR count). The highest BCUT2D eigenvalue weighted by Gasteiger charge is 2.36. The summed E-state index contributed by atoms with van der Waals surface area (Å²) in [5.41, 5.74) is -0.0198. The molecular formula is C9H17NO3. The van der Waals surface area contributed by atoms with Crippen molar-refractivity contribution < 1.29 is 14.3 Å². The summed E-state index contributed by atoms with van der Waals surface area (Å²) in [7, 11) is 3.11. The normalized spacial score (nSPS) is 19.2. The molecule has 0 aromatic rings. The Bertz CT molecular complexity index is 172. The monoisotopic (exact) mass is 187 g/mol. The predicted octanol–water partition coefficient (Wildman–Crippen LogP) is 0.318. The molecule has 0 unspecified atom stereocenters. The van der Waals surface area contributed by atoms with Crippen molar-refractivity contribution in [2.75, 3.05) is 27.3 Å². The molecule has 0 amide bonds. The molecule has 0 saturated heterocycles. The number of hydrogen-bond acceptors (Lipinski definition) is 4. The van der Waals surface area contributed by atoms with Crippen molar-refractivity contribution >= 4 is 5.97 Å². The van der Waals surface area contributed by atoms with E-state index in [-0.39, 0.29) is 18.1 Å². The van der Waals surface area contributed by atoms with E-state index in [2.05, 4.69) is 10.1 Å². The van der Waals surface area contributed by atoms with Gasteiger partial charge in [-0.1, -0.05) is 0 Å². The largest absolute Gasteiger partial charge is 0.468 e. The zero-order valence-electron chi connectivity index (χ0n) is 8.26. The first kappa shape index (κ1) is 10.5. The van der Waals surface area contributed by atoms with Crippen LogP contribution in [0.5, 0.6) is 0 Å². The van der Waals surface area contributed by atoms with Gasteiger partial charge in [-0.05, 0) is 19.3 Å². The lowest BCUT2D eigenvalue weighted by atomic mass is 9.80. The summed E-state index contributed by atoms with van der Waals surface area (Å²) < 4.78 is 9.88. The summed E-state index contributed by atoms with van der Waals surface area (Å²) in [5.74, 6) is -0.231. The van der Waals surface area contributed by atoms with Gasteiger partial charge in [0, 0.05) is 13.7 Å². The number of carbonyl (C=O) groups is 1. The molecule has 0 heterocycles. The number of nitrogens with one attached hydrogen (secondary N) is 1. The number of hydrogen-bond donors (Lipinski definition) is 1. The second kappa shape index (κ2) is 4.58. The molecule has 0 spiro atoms. The maximum absolute atomic E-state index is 10.8. The van der Waals surface area contributed by atoms with Crippen LogP contribution >= 0.6 is 0 Å². The minimum atomic E-state index is -0.231. The van der Waals surface area contributed by atoms with Crippen LogP contribution < -0.4 is 5.32 Å². The minimum Gasteiger partial charge on any atom is -0.468 e. The Morgan fingerprint density at radius 1 is 1.46 bits per heavy atom. The number of methoxy groups -OCH3 is 2. The van der Waals surface area contributed by atoms with Crippen LogP contribution in [0.2, 0.25) is 0 Å². The Morgan fingerprint density at radius 3 is 2.54 bits per heavy atom. The van der Waals surface area contributed by atoms with Crippen LogP contribution in [0.25, 0.3) is 0 Å². The minimum absolute atomic E-state index is 0.0198. The lowest BCUT2D eigenvalue weighted by Crippen LogP contribution is -2.48. The van der Waals surface area contributed by atoms with E-state index in [1.165, 1.54) is 13.5 Å². The Morgan fingerprint density at radius 2 is 2.15 bits per heavy atom. The van der Waals surface area contributed by atoms with Crippen LogP contribution in [0.3, 0.4) is 0 Å². The van der Waals surface area contributed by atoms with Crippen LogP contribution in [0, 0.1) is 0 Å².